The van der Waals surface area contributed by atoms with E-state index in [1.165, 1.54) is 21.8 Å². The molecule has 1 aromatic heterocycles. The molecule has 2 rings (SSSR count). The summed E-state index contributed by atoms with van der Waals surface area (Å²) in [5, 5.41) is 4.57. The second kappa shape index (κ2) is 7.08. The maximum Gasteiger partial charge on any atom is 0.123 e. The minimum absolute atomic E-state index is 0.931. The third kappa shape index (κ3) is 3.81. The second-order valence-electron chi connectivity index (χ2n) is 4.43. The highest BCUT2D eigenvalue weighted by Gasteiger charge is 2.08. The van der Waals surface area contributed by atoms with Crippen LogP contribution in [0.4, 0.5) is 0 Å². The number of nitrogens with zero attached hydrogens (tertiary/aromatic N) is 1. The molecule has 0 saturated carbocycles. The Morgan fingerprint density at radius 2 is 2.00 bits per heavy atom. The fourth-order valence-electron chi connectivity index (χ4n) is 1.83. The molecule has 1 N–H and O–H groups in total. The van der Waals surface area contributed by atoms with E-state index in [1.807, 2.05) is 0 Å². The molecule has 2 nitrogen and oxygen atoms in total. The molecule has 0 saturated heterocycles. The molecule has 0 spiro atoms. The standard InChI is InChI=1S/C15H20N2S2/c1-4-9-16-10-14-11(2)17-15(19-14)12-5-7-13(18-3)8-6-12/h5-8,16H,4,9-10H2,1-3H3. The summed E-state index contributed by atoms with van der Waals surface area (Å²) in [5.74, 6) is 0. The third-order valence-electron chi connectivity index (χ3n) is 2.94. The molecule has 0 fully saturated rings. The SMILES string of the molecule is CCCNCc1sc(-c2ccc(SC)cc2)nc1C. The number of aromatic nitrogens is 1. The van der Waals surface area contributed by atoms with Gasteiger partial charge in [0.2, 0.25) is 0 Å². The minimum Gasteiger partial charge on any atom is -0.312 e. The first-order chi connectivity index (χ1) is 9.24. The summed E-state index contributed by atoms with van der Waals surface area (Å²) in [4.78, 5) is 7.33. The van der Waals surface area contributed by atoms with E-state index in [1.54, 1.807) is 23.1 Å². The highest BCUT2D eigenvalue weighted by molar-refractivity contribution is 7.98. The second-order valence-corrected chi connectivity index (χ2v) is 6.40. The normalized spacial score (nSPS) is 10.9. The summed E-state index contributed by atoms with van der Waals surface area (Å²) in [6.45, 7) is 6.28. The van der Waals surface area contributed by atoms with E-state index in [4.69, 9.17) is 0 Å². The number of thioether (sulfide) groups is 1. The fourth-order valence-corrected chi connectivity index (χ4v) is 3.27. The van der Waals surface area contributed by atoms with E-state index in [0.717, 1.165) is 23.8 Å². The smallest absolute Gasteiger partial charge is 0.123 e. The van der Waals surface area contributed by atoms with Gasteiger partial charge in [-0.25, -0.2) is 4.98 Å². The maximum atomic E-state index is 4.69. The average Bonchev–Trinajstić information content (AvgIpc) is 2.81. The van der Waals surface area contributed by atoms with Gasteiger partial charge in [0.05, 0.1) is 5.69 Å². The van der Waals surface area contributed by atoms with Crippen LogP contribution in [0.5, 0.6) is 0 Å². The average molecular weight is 292 g/mol. The van der Waals surface area contributed by atoms with Crippen LogP contribution in [0, 0.1) is 6.92 Å². The van der Waals surface area contributed by atoms with Gasteiger partial charge in [-0.3, -0.25) is 0 Å². The molecular formula is C15H20N2S2. The van der Waals surface area contributed by atoms with Crippen molar-refractivity contribution in [3.63, 3.8) is 0 Å². The molecule has 0 bridgehead atoms. The van der Waals surface area contributed by atoms with Crippen LogP contribution < -0.4 is 5.32 Å². The molecule has 0 radical (unpaired) electrons. The number of hydrogen-bond donors (Lipinski definition) is 1. The van der Waals surface area contributed by atoms with Crippen molar-refractivity contribution in [2.24, 2.45) is 0 Å². The predicted octanol–water partition coefficient (Wildman–Crippen LogP) is 4.34. The highest BCUT2D eigenvalue weighted by Crippen LogP contribution is 2.29. The summed E-state index contributed by atoms with van der Waals surface area (Å²) >= 11 is 3.56. The summed E-state index contributed by atoms with van der Waals surface area (Å²) in [7, 11) is 0. The van der Waals surface area contributed by atoms with Crippen molar-refractivity contribution >= 4 is 23.1 Å². The van der Waals surface area contributed by atoms with Gasteiger partial charge in [0.1, 0.15) is 5.01 Å². The Kier molecular flexibility index (Phi) is 5.43. The predicted molar refractivity (Wildman–Crippen MR) is 86.1 cm³/mol. The van der Waals surface area contributed by atoms with Crippen molar-refractivity contribution in [1.29, 1.82) is 0 Å². The number of aryl methyl sites for hydroxylation is 1. The molecule has 1 aromatic carbocycles. The molecule has 2 aromatic rings. The minimum atomic E-state index is 0.931. The fraction of sp³-hybridized carbons (Fsp3) is 0.400. The lowest BCUT2D eigenvalue weighted by Crippen LogP contribution is -2.13. The lowest BCUT2D eigenvalue weighted by molar-refractivity contribution is 0.678. The number of nitrogens with one attached hydrogen (secondary N) is 1. The first kappa shape index (κ1) is 14.6. The highest BCUT2D eigenvalue weighted by atomic mass is 32.2. The summed E-state index contributed by atoms with van der Waals surface area (Å²) in [6.07, 6.45) is 3.26. The van der Waals surface area contributed by atoms with Gasteiger partial charge in [0.15, 0.2) is 0 Å². The van der Waals surface area contributed by atoms with Crippen molar-refractivity contribution < 1.29 is 0 Å². The largest absolute Gasteiger partial charge is 0.312 e. The topological polar surface area (TPSA) is 24.9 Å². The molecule has 0 aliphatic carbocycles. The van der Waals surface area contributed by atoms with Gasteiger partial charge >= 0.3 is 0 Å². The Balaban J connectivity index is 2.13. The van der Waals surface area contributed by atoms with E-state index < -0.39 is 0 Å². The van der Waals surface area contributed by atoms with Gasteiger partial charge in [-0.2, -0.15) is 0 Å². The molecule has 1 heterocycles. The zero-order valence-corrected chi connectivity index (χ0v) is 13.3. The monoisotopic (exact) mass is 292 g/mol. The van der Waals surface area contributed by atoms with Crippen molar-refractivity contribution in [3.05, 3.63) is 34.8 Å². The first-order valence-electron chi connectivity index (χ1n) is 6.56. The molecule has 0 aliphatic heterocycles. The van der Waals surface area contributed by atoms with Gasteiger partial charge in [-0.1, -0.05) is 19.1 Å². The van der Waals surface area contributed by atoms with Gasteiger partial charge in [0.25, 0.3) is 0 Å². The van der Waals surface area contributed by atoms with E-state index in [9.17, 15) is 0 Å². The Labute approximate surface area is 123 Å². The van der Waals surface area contributed by atoms with Crippen LogP contribution in [0.3, 0.4) is 0 Å². The lowest BCUT2D eigenvalue weighted by Gasteiger charge is -2.00. The molecule has 0 aliphatic rings. The van der Waals surface area contributed by atoms with Crippen LogP contribution in [0.1, 0.15) is 23.9 Å². The van der Waals surface area contributed by atoms with E-state index in [0.29, 0.717) is 0 Å². The molecule has 0 atom stereocenters. The summed E-state index contributed by atoms with van der Waals surface area (Å²) in [6, 6.07) is 8.64. The van der Waals surface area contributed by atoms with Crippen LogP contribution in [-0.4, -0.2) is 17.8 Å². The van der Waals surface area contributed by atoms with Crippen LogP contribution in [0.2, 0.25) is 0 Å². The van der Waals surface area contributed by atoms with Gasteiger partial charge in [-0.15, -0.1) is 23.1 Å². The molecular weight excluding hydrogens is 272 g/mol. The quantitative estimate of drug-likeness (QED) is 0.633. The molecule has 102 valence electrons. The summed E-state index contributed by atoms with van der Waals surface area (Å²) < 4.78 is 0. The van der Waals surface area contributed by atoms with Crippen LogP contribution in [0.25, 0.3) is 10.6 Å². The molecule has 0 amide bonds. The number of benzene rings is 1. The molecule has 4 heteroatoms. The number of hydrogen-bond acceptors (Lipinski definition) is 4. The van der Waals surface area contributed by atoms with Crippen LogP contribution in [0.15, 0.2) is 29.2 Å². The van der Waals surface area contributed by atoms with E-state index in [2.05, 4.69) is 54.7 Å². The van der Waals surface area contributed by atoms with Crippen LogP contribution in [-0.2, 0) is 6.54 Å². The molecule has 0 unspecified atom stereocenters. The third-order valence-corrected chi connectivity index (χ3v) is 4.89. The number of rotatable bonds is 6. The van der Waals surface area contributed by atoms with Crippen LogP contribution >= 0.6 is 23.1 Å². The Morgan fingerprint density at radius 1 is 1.26 bits per heavy atom. The van der Waals surface area contributed by atoms with Crippen molar-refractivity contribution in [2.75, 3.05) is 12.8 Å². The molecule has 19 heavy (non-hydrogen) atoms. The zero-order valence-electron chi connectivity index (χ0n) is 11.7. The van der Waals surface area contributed by atoms with Gasteiger partial charge in [0, 0.05) is 21.9 Å². The van der Waals surface area contributed by atoms with E-state index in [-0.39, 0.29) is 0 Å². The Hall–Kier alpha value is -0.840. The Bertz CT molecular complexity index is 517. The Morgan fingerprint density at radius 3 is 2.63 bits per heavy atom. The van der Waals surface area contributed by atoms with Crippen molar-refractivity contribution in [1.82, 2.24) is 10.3 Å². The number of thiazole rings is 1. The van der Waals surface area contributed by atoms with Crippen molar-refractivity contribution in [2.45, 2.75) is 31.7 Å². The van der Waals surface area contributed by atoms with Gasteiger partial charge < -0.3 is 5.32 Å². The zero-order chi connectivity index (χ0) is 13.7. The maximum absolute atomic E-state index is 4.69. The lowest BCUT2D eigenvalue weighted by atomic mass is 10.2. The van der Waals surface area contributed by atoms with Crippen molar-refractivity contribution in [3.8, 4) is 10.6 Å². The van der Waals surface area contributed by atoms with Gasteiger partial charge in [-0.05, 0) is 38.3 Å². The van der Waals surface area contributed by atoms with E-state index >= 15 is 0 Å². The first-order valence-corrected chi connectivity index (χ1v) is 8.60. The summed E-state index contributed by atoms with van der Waals surface area (Å²) in [5.41, 5.74) is 2.37.